The minimum Gasteiger partial charge on any atom is -0.329 e. The standard InChI is InChI=1S/C13H27N3O2S/c1-11-6-8-15(10-12(11)2)19(17,18)16-7-4-3-5-13(16)9-14/h11-13H,3-10,14H2,1-2H3. The summed E-state index contributed by atoms with van der Waals surface area (Å²) in [6.07, 6.45) is 3.90. The van der Waals surface area contributed by atoms with Crippen molar-refractivity contribution < 1.29 is 8.42 Å². The lowest BCUT2D eigenvalue weighted by Crippen LogP contribution is -2.55. The molecule has 0 bridgehead atoms. The average molecular weight is 289 g/mol. The summed E-state index contributed by atoms with van der Waals surface area (Å²) in [6, 6.07) is -0.00611. The van der Waals surface area contributed by atoms with Crippen molar-refractivity contribution in [2.45, 2.75) is 45.6 Å². The quantitative estimate of drug-likeness (QED) is 0.843. The van der Waals surface area contributed by atoms with Crippen LogP contribution in [0.2, 0.25) is 0 Å². The Balaban J connectivity index is 2.12. The zero-order valence-electron chi connectivity index (χ0n) is 12.1. The van der Waals surface area contributed by atoms with E-state index in [0.29, 0.717) is 38.0 Å². The topological polar surface area (TPSA) is 66.6 Å². The van der Waals surface area contributed by atoms with E-state index in [2.05, 4.69) is 13.8 Å². The predicted octanol–water partition coefficient (Wildman–Crippen LogP) is 1.02. The minimum atomic E-state index is -3.32. The molecule has 3 atom stereocenters. The Bertz CT molecular complexity index is 399. The zero-order chi connectivity index (χ0) is 14.0. The number of hydrogen-bond donors (Lipinski definition) is 1. The van der Waals surface area contributed by atoms with Gasteiger partial charge in [-0.2, -0.15) is 17.0 Å². The van der Waals surface area contributed by atoms with Crippen LogP contribution in [0.3, 0.4) is 0 Å². The second kappa shape index (κ2) is 6.08. The van der Waals surface area contributed by atoms with E-state index in [-0.39, 0.29) is 6.04 Å². The number of nitrogens with zero attached hydrogens (tertiary/aromatic N) is 2. The molecule has 112 valence electrons. The Morgan fingerprint density at radius 1 is 1.11 bits per heavy atom. The van der Waals surface area contributed by atoms with Gasteiger partial charge in [0.05, 0.1) is 0 Å². The van der Waals surface area contributed by atoms with Crippen LogP contribution in [0.5, 0.6) is 0 Å². The molecule has 5 nitrogen and oxygen atoms in total. The van der Waals surface area contributed by atoms with Crippen LogP contribution in [0, 0.1) is 11.8 Å². The van der Waals surface area contributed by atoms with Gasteiger partial charge in [-0.3, -0.25) is 0 Å². The Morgan fingerprint density at radius 3 is 2.47 bits per heavy atom. The lowest BCUT2D eigenvalue weighted by atomic mass is 9.90. The predicted molar refractivity (Wildman–Crippen MR) is 76.8 cm³/mol. The van der Waals surface area contributed by atoms with Crippen molar-refractivity contribution in [3.63, 3.8) is 0 Å². The number of rotatable bonds is 3. The Hall–Kier alpha value is -0.170. The van der Waals surface area contributed by atoms with E-state index in [9.17, 15) is 8.42 Å². The SMILES string of the molecule is CC1CCN(S(=O)(=O)N2CCCCC2CN)CC1C. The largest absolute Gasteiger partial charge is 0.329 e. The first-order chi connectivity index (χ1) is 8.96. The first kappa shape index (κ1) is 15.2. The molecule has 0 aromatic carbocycles. The molecule has 0 saturated carbocycles. The molecule has 6 heteroatoms. The third kappa shape index (κ3) is 3.12. The van der Waals surface area contributed by atoms with Gasteiger partial charge in [0.2, 0.25) is 0 Å². The van der Waals surface area contributed by atoms with Crippen molar-refractivity contribution in [1.82, 2.24) is 8.61 Å². The molecule has 2 saturated heterocycles. The molecule has 2 aliphatic rings. The second-order valence-corrected chi connectivity index (χ2v) is 7.99. The maximum Gasteiger partial charge on any atom is 0.282 e. The van der Waals surface area contributed by atoms with Crippen LogP contribution in [0.15, 0.2) is 0 Å². The van der Waals surface area contributed by atoms with Gasteiger partial charge in [0.15, 0.2) is 0 Å². The number of hydrogen-bond acceptors (Lipinski definition) is 3. The number of nitrogens with two attached hydrogens (primary N) is 1. The van der Waals surface area contributed by atoms with E-state index < -0.39 is 10.2 Å². The normalized spacial score (nSPS) is 35.4. The molecule has 3 unspecified atom stereocenters. The fourth-order valence-corrected chi connectivity index (χ4v) is 5.08. The van der Waals surface area contributed by atoms with Gasteiger partial charge in [-0.1, -0.05) is 20.3 Å². The zero-order valence-corrected chi connectivity index (χ0v) is 12.9. The van der Waals surface area contributed by atoms with Crippen LogP contribution in [0.4, 0.5) is 0 Å². The summed E-state index contributed by atoms with van der Waals surface area (Å²) in [5.74, 6) is 1.04. The molecular weight excluding hydrogens is 262 g/mol. The van der Waals surface area contributed by atoms with E-state index in [1.165, 1.54) is 0 Å². The van der Waals surface area contributed by atoms with Crippen LogP contribution >= 0.6 is 0 Å². The highest BCUT2D eigenvalue weighted by Gasteiger charge is 2.38. The van der Waals surface area contributed by atoms with Crippen molar-refractivity contribution >= 4 is 10.2 Å². The fourth-order valence-electron chi connectivity index (χ4n) is 3.10. The second-order valence-electron chi connectivity index (χ2n) is 6.11. The van der Waals surface area contributed by atoms with Gasteiger partial charge in [0, 0.05) is 32.2 Å². The van der Waals surface area contributed by atoms with Gasteiger partial charge in [-0.25, -0.2) is 0 Å². The maximum atomic E-state index is 12.8. The molecule has 0 amide bonds. The molecule has 0 radical (unpaired) electrons. The van der Waals surface area contributed by atoms with Crippen molar-refractivity contribution in [3.05, 3.63) is 0 Å². The molecular formula is C13H27N3O2S. The molecule has 0 aliphatic carbocycles. The molecule has 2 heterocycles. The summed E-state index contributed by atoms with van der Waals surface area (Å²) in [5, 5.41) is 0. The van der Waals surface area contributed by atoms with Crippen molar-refractivity contribution in [2.75, 3.05) is 26.2 Å². The Morgan fingerprint density at radius 2 is 1.84 bits per heavy atom. The van der Waals surface area contributed by atoms with E-state index in [4.69, 9.17) is 5.73 Å². The van der Waals surface area contributed by atoms with Gasteiger partial charge in [0.1, 0.15) is 0 Å². The summed E-state index contributed by atoms with van der Waals surface area (Å²) in [7, 11) is -3.32. The van der Waals surface area contributed by atoms with E-state index in [1.807, 2.05) is 0 Å². The lowest BCUT2D eigenvalue weighted by Gasteiger charge is -2.41. The van der Waals surface area contributed by atoms with Gasteiger partial charge >= 0.3 is 0 Å². The van der Waals surface area contributed by atoms with Crippen molar-refractivity contribution in [3.8, 4) is 0 Å². The highest BCUT2D eigenvalue weighted by atomic mass is 32.2. The molecule has 0 aromatic heterocycles. The van der Waals surface area contributed by atoms with Crippen LogP contribution in [0.1, 0.15) is 39.5 Å². The smallest absolute Gasteiger partial charge is 0.282 e. The van der Waals surface area contributed by atoms with Gasteiger partial charge in [-0.05, 0) is 31.1 Å². The average Bonchev–Trinajstić information content (AvgIpc) is 2.41. The third-order valence-corrected chi connectivity index (χ3v) is 6.82. The molecule has 0 spiro atoms. The molecule has 2 rings (SSSR count). The molecule has 0 aromatic rings. The summed E-state index contributed by atoms with van der Waals surface area (Å²) < 4.78 is 28.8. The molecule has 2 N–H and O–H groups in total. The summed E-state index contributed by atoms with van der Waals surface area (Å²) in [5.41, 5.74) is 5.74. The highest BCUT2D eigenvalue weighted by Crippen LogP contribution is 2.28. The third-order valence-electron chi connectivity index (χ3n) is 4.76. The summed E-state index contributed by atoms with van der Waals surface area (Å²) in [6.45, 7) is 6.71. The van der Waals surface area contributed by atoms with Gasteiger partial charge in [-0.15, -0.1) is 0 Å². The maximum absolute atomic E-state index is 12.8. The van der Waals surface area contributed by atoms with Crippen LogP contribution in [0.25, 0.3) is 0 Å². The lowest BCUT2D eigenvalue weighted by molar-refractivity contribution is 0.183. The van der Waals surface area contributed by atoms with Crippen LogP contribution in [-0.4, -0.2) is 49.2 Å². The van der Waals surface area contributed by atoms with Gasteiger partial charge < -0.3 is 5.73 Å². The first-order valence-corrected chi connectivity index (χ1v) is 8.83. The van der Waals surface area contributed by atoms with Crippen LogP contribution < -0.4 is 5.73 Å². The highest BCUT2D eigenvalue weighted by molar-refractivity contribution is 7.86. The molecule has 19 heavy (non-hydrogen) atoms. The van der Waals surface area contributed by atoms with Crippen LogP contribution in [-0.2, 0) is 10.2 Å². The first-order valence-electron chi connectivity index (χ1n) is 7.43. The van der Waals surface area contributed by atoms with Gasteiger partial charge in [0.25, 0.3) is 10.2 Å². The monoisotopic (exact) mass is 289 g/mol. The fraction of sp³-hybridized carbons (Fsp3) is 1.00. The summed E-state index contributed by atoms with van der Waals surface area (Å²) in [4.78, 5) is 0. The minimum absolute atomic E-state index is 0.00611. The Labute approximate surface area is 117 Å². The van der Waals surface area contributed by atoms with Crippen molar-refractivity contribution in [1.29, 1.82) is 0 Å². The van der Waals surface area contributed by atoms with E-state index in [1.54, 1.807) is 8.61 Å². The van der Waals surface area contributed by atoms with E-state index in [0.717, 1.165) is 25.7 Å². The summed E-state index contributed by atoms with van der Waals surface area (Å²) >= 11 is 0. The number of piperidine rings is 2. The molecule has 2 aliphatic heterocycles. The molecule has 2 fully saturated rings. The Kier molecular flexibility index (Phi) is 4.87. The van der Waals surface area contributed by atoms with Crippen molar-refractivity contribution in [2.24, 2.45) is 17.6 Å². The van der Waals surface area contributed by atoms with E-state index >= 15 is 0 Å².